The molecule has 0 aromatic heterocycles. The largest absolute Gasteiger partial charge is 0.342 e. The van der Waals surface area contributed by atoms with Gasteiger partial charge in [0.15, 0.2) is 0 Å². The zero-order chi connectivity index (χ0) is 14.5. The van der Waals surface area contributed by atoms with E-state index < -0.39 is 6.04 Å². The van der Waals surface area contributed by atoms with E-state index in [0.717, 1.165) is 52.0 Å². The second kappa shape index (κ2) is 10.3. The first-order valence-corrected chi connectivity index (χ1v) is 7.62. The summed E-state index contributed by atoms with van der Waals surface area (Å²) in [6.07, 6.45) is 3.16. The van der Waals surface area contributed by atoms with Crippen molar-refractivity contribution in [1.29, 1.82) is 0 Å². The van der Waals surface area contributed by atoms with Crippen LogP contribution >= 0.6 is 24.8 Å². The predicted octanol–water partition coefficient (Wildman–Crippen LogP) is 0.334. The molecule has 22 heavy (non-hydrogen) atoms. The average Bonchev–Trinajstić information content (AvgIpc) is 2.86. The Morgan fingerprint density at radius 3 is 2.09 bits per heavy atom. The van der Waals surface area contributed by atoms with Crippen LogP contribution in [-0.2, 0) is 9.59 Å². The Bertz CT molecular complexity index is 363. The van der Waals surface area contributed by atoms with Crippen molar-refractivity contribution >= 4 is 36.6 Å². The summed E-state index contributed by atoms with van der Waals surface area (Å²) in [6, 6.07) is -0.437. The van der Waals surface area contributed by atoms with Crippen LogP contribution in [0.2, 0.25) is 0 Å². The monoisotopic (exact) mass is 354 g/mol. The smallest absolute Gasteiger partial charge is 0.239 e. The standard InChI is InChI=1S/C14H26N4O2.2ClH/c1-12(15)14(20)18-8-4-5-16(9-10-18)11-13(19)17-6-2-3-7-17;;/h12H,2-11,15H2,1H3;2*1H/t12-;;/m1../s1. The van der Waals surface area contributed by atoms with E-state index in [0.29, 0.717) is 13.1 Å². The molecule has 0 aromatic rings. The van der Waals surface area contributed by atoms with Gasteiger partial charge in [-0.15, -0.1) is 24.8 Å². The fourth-order valence-electron chi connectivity index (χ4n) is 2.90. The molecule has 0 saturated carbocycles. The number of carbonyl (C=O) groups is 2. The summed E-state index contributed by atoms with van der Waals surface area (Å²) in [5.41, 5.74) is 5.65. The van der Waals surface area contributed by atoms with Gasteiger partial charge in [0.2, 0.25) is 11.8 Å². The molecule has 0 radical (unpaired) electrons. The van der Waals surface area contributed by atoms with Crippen molar-refractivity contribution in [3.05, 3.63) is 0 Å². The van der Waals surface area contributed by atoms with Gasteiger partial charge in [-0.1, -0.05) is 0 Å². The maximum Gasteiger partial charge on any atom is 0.239 e. The van der Waals surface area contributed by atoms with E-state index in [1.165, 1.54) is 0 Å². The molecule has 2 fully saturated rings. The zero-order valence-corrected chi connectivity index (χ0v) is 14.8. The van der Waals surface area contributed by atoms with E-state index in [-0.39, 0.29) is 36.6 Å². The SMILES string of the molecule is C[C@@H](N)C(=O)N1CCCN(CC(=O)N2CCCC2)CC1.Cl.Cl. The van der Waals surface area contributed by atoms with Crippen LogP contribution in [0.5, 0.6) is 0 Å². The number of nitrogens with zero attached hydrogens (tertiary/aromatic N) is 3. The summed E-state index contributed by atoms with van der Waals surface area (Å²) in [5.74, 6) is 0.243. The average molecular weight is 355 g/mol. The Labute approximate surface area is 145 Å². The van der Waals surface area contributed by atoms with E-state index in [2.05, 4.69) is 4.90 Å². The minimum Gasteiger partial charge on any atom is -0.342 e. The summed E-state index contributed by atoms with van der Waals surface area (Å²) < 4.78 is 0. The molecular formula is C14H28Cl2N4O2. The molecule has 8 heteroatoms. The molecule has 0 aliphatic carbocycles. The van der Waals surface area contributed by atoms with E-state index in [1.54, 1.807) is 6.92 Å². The first-order chi connectivity index (χ1) is 9.58. The second-order valence-corrected chi connectivity index (χ2v) is 5.83. The van der Waals surface area contributed by atoms with E-state index >= 15 is 0 Å². The van der Waals surface area contributed by atoms with E-state index in [1.807, 2.05) is 9.80 Å². The molecule has 0 bridgehead atoms. The highest BCUT2D eigenvalue weighted by Crippen LogP contribution is 2.10. The lowest BCUT2D eigenvalue weighted by molar-refractivity contribution is -0.132. The topological polar surface area (TPSA) is 69.9 Å². The van der Waals surface area contributed by atoms with Gasteiger partial charge < -0.3 is 15.5 Å². The maximum atomic E-state index is 12.1. The molecule has 2 aliphatic heterocycles. The lowest BCUT2D eigenvalue weighted by atomic mass is 10.3. The van der Waals surface area contributed by atoms with Crippen LogP contribution in [0.15, 0.2) is 0 Å². The number of hydrogen-bond acceptors (Lipinski definition) is 4. The number of rotatable bonds is 3. The van der Waals surface area contributed by atoms with Gasteiger partial charge in [0.05, 0.1) is 12.6 Å². The first-order valence-electron chi connectivity index (χ1n) is 7.62. The van der Waals surface area contributed by atoms with E-state index in [4.69, 9.17) is 5.73 Å². The highest BCUT2D eigenvalue weighted by Gasteiger charge is 2.24. The maximum absolute atomic E-state index is 12.1. The van der Waals surface area contributed by atoms with Crippen LogP contribution in [0, 0.1) is 0 Å². The number of nitrogens with two attached hydrogens (primary N) is 1. The fraction of sp³-hybridized carbons (Fsp3) is 0.857. The van der Waals surface area contributed by atoms with Crippen LogP contribution in [0.3, 0.4) is 0 Å². The third-order valence-corrected chi connectivity index (χ3v) is 4.11. The molecule has 0 aromatic carbocycles. The van der Waals surface area contributed by atoms with Crippen molar-refractivity contribution in [1.82, 2.24) is 14.7 Å². The summed E-state index contributed by atoms with van der Waals surface area (Å²) in [4.78, 5) is 30.0. The number of amides is 2. The normalized spacial score (nSPS) is 20.6. The van der Waals surface area contributed by atoms with Crippen molar-refractivity contribution in [2.45, 2.75) is 32.2 Å². The van der Waals surface area contributed by atoms with E-state index in [9.17, 15) is 9.59 Å². The Kier molecular flexibility index (Phi) is 10.00. The summed E-state index contributed by atoms with van der Waals surface area (Å²) in [7, 11) is 0. The van der Waals surface area contributed by atoms with Gasteiger partial charge in [0.25, 0.3) is 0 Å². The van der Waals surface area contributed by atoms with Crippen LogP contribution in [0.1, 0.15) is 26.2 Å². The summed E-state index contributed by atoms with van der Waals surface area (Å²) in [6.45, 7) is 7.08. The van der Waals surface area contributed by atoms with Gasteiger partial charge >= 0.3 is 0 Å². The van der Waals surface area contributed by atoms with Gasteiger partial charge in [0, 0.05) is 39.3 Å². The lowest BCUT2D eigenvalue weighted by Gasteiger charge is -2.24. The Morgan fingerprint density at radius 1 is 0.909 bits per heavy atom. The molecule has 2 aliphatic rings. The van der Waals surface area contributed by atoms with Crippen molar-refractivity contribution in [2.75, 3.05) is 45.8 Å². The molecule has 2 rings (SSSR count). The number of likely N-dealkylation sites (tertiary alicyclic amines) is 1. The molecule has 2 heterocycles. The summed E-state index contributed by atoms with van der Waals surface area (Å²) in [5, 5.41) is 0. The van der Waals surface area contributed by atoms with Gasteiger partial charge in [-0.2, -0.15) is 0 Å². The van der Waals surface area contributed by atoms with Crippen LogP contribution in [0.4, 0.5) is 0 Å². The van der Waals surface area contributed by atoms with Crippen LogP contribution in [-0.4, -0.2) is 78.4 Å². The molecule has 130 valence electrons. The first kappa shape index (κ1) is 21.4. The summed E-state index contributed by atoms with van der Waals surface area (Å²) >= 11 is 0. The van der Waals surface area contributed by atoms with Gasteiger partial charge in [-0.25, -0.2) is 0 Å². The molecule has 2 amide bonds. The Hall–Kier alpha value is -0.560. The van der Waals surface area contributed by atoms with Gasteiger partial charge in [-0.3, -0.25) is 14.5 Å². The predicted molar refractivity (Wildman–Crippen MR) is 91.6 cm³/mol. The number of hydrogen-bond donors (Lipinski definition) is 1. The minimum absolute atomic E-state index is 0. The number of carbonyl (C=O) groups excluding carboxylic acids is 2. The van der Waals surface area contributed by atoms with Crippen molar-refractivity contribution < 1.29 is 9.59 Å². The Balaban J connectivity index is 0.00000220. The molecule has 2 saturated heterocycles. The van der Waals surface area contributed by atoms with Gasteiger partial charge in [0.1, 0.15) is 0 Å². The quantitative estimate of drug-likeness (QED) is 0.792. The molecular weight excluding hydrogens is 327 g/mol. The van der Waals surface area contributed by atoms with Crippen LogP contribution < -0.4 is 5.73 Å². The third kappa shape index (κ3) is 5.91. The molecule has 6 nitrogen and oxygen atoms in total. The third-order valence-electron chi connectivity index (χ3n) is 4.11. The molecule has 1 atom stereocenters. The van der Waals surface area contributed by atoms with Crippen molar-refractivity contribution in [3.8, 4) is 0 Å². The minimum atomic E-state index is -0.437. The van der Waals surface area contributed by atoms with Gasteiger partial charge in [-0.05, 0) is 26.2 Å². The Morgan fingerprint density at radius 2 is 1.50 bits per heavy atom. The molecule has 0 unspecified atom stereocenters. The van der Waals surface area contributed by atoms with Crippen molar-refractivity contribution in [3.63, 3.8) is 0 Å². The molecule has 0 spiro atoms. The second-order valence-electron chi connectivity index (χ2n) is 5.83. The highest BCUT2D eigenvalue weighted by molar-refractivity contribution is 5.85. The highest BCUT2D eigenvalue weighted by atomic mass is 35.5. The fourth-order valence-corrected chi connectivity index (χ4v) is 2.90. The molecule has 2 N–H and O–H groups in total. The van der Waals surface area contributed by atoms with Crippen LogP contribution in [0.25, 0.3) is 0 Å². The number of halogens is 2. The van der Waals surface area contributed by atoms with Crippen molar-refractivity contribution in [2.24, 2.45) is 5.73 Å². The lowest BCUT2D eigenvalue weighted by Crippen LogP contribution is -2.44. The zero-order valence-electron chi connectivity index (χ0n) is 13.2.